The Kier molecular flexibility index (Phi) is 4.45. The highest BCUT2D eigenvalue weighted by molar-refractivity contribution is 6.02. The van der Waals surface area contributed by atoms with Crippen LogP contribution >= 0.6 is 0 Å². The summed E-state index contributed by atoms with van der Waals surface area (Å²) >= 11 is 0. The number of amides is 1. The second-order valence-corrected chi connectivity index (χ2v) is 8.41. The third-order valence-electron chi connectivity index (χ3n) is 6.58. The number of ether oxygens (including phenoxy) is 2. The molecule has 156 valence electrons. The van der Waals surface area contributed by atoms with Crippen LogP contribution in [0.5, 0.6) is 11.5 Å². The summed E-state index contributed by atoms with van der Waals surface area (Å²) in [4.78, 5) is 13.8. The molecule has 3 heterocycles. The maximum absolute atomic E-state index is 11.9. The number of para-hydroxylation sites is 1. The summed E-state index contributed by atoms with van der Waals surface area (Å²) in [5.74, 6) is 1.68. The molecule has 0 bridgehead atoms. The number of nitrogens with zero attached hydrogens (tertiary/aromatic N) is 3. The fraction of sp³-hybridized carbons (Fsp3) is 0.417. The lowest BCUT2D eigenvalue weighted by atomic mass is 9.90. The first kappa shape index (κ1) is 19.0. The highest BCUT2D eigenvalue weighted by atomic mass is 16.5. The SMILES string of the molecule is COc1cccc2c1OC1(CCN(C(C)=O)CC1)N1N=C(c3ccc(C)cc3)C[C@@H]21. The van der Waals surface area contributed by atoms with Crippen molar-refractivity contribution < 1.29 is 14.3 Å². The Bertz CT molecular complexity index is 1010. The summed E-state index contributed by atoms with van der Waals surface area (Å²) in [5.41, 5.74) is 4.01. The van der Waals surface area contributed by atoms with Crippen LogP contribution in [0, 0.1) is 6.92 Å². The van der Waals surface area contributed by atoms with Gasteiger partial charge in [-0.25, -0.2) is 5.01 Å². The van der Waals surface area contributed by atoms with Crippen LogP contribution < -0.4 is 9.47 Å². The van der Waals surface area contributed by atoms with E-state index in [4.69, 9.17) is 14.6 Å². The summed E-state index contributed by atoms with van der Waals surface area (Å²) in [6.07, 6.45) is 2.25. The number of hydrogen-bond donors (Lipinski definition) is 0. The van der Waals surface area contributed by atoms with Gasteiger partial charge in [0.05, 0.1) is 18.9 Å². The molecule has 5 rings (SSSR count). The molecule has 6 nitrogen and oxygen atoms in total. The second-order valence-electron chi connectivity index (χ2n) is 8.41. The standard InChI is InChI=1S/C24H27N3O3/c1-16-7-9-18(10-8-16)20-15-21-19-5-4-6-22(29-3)23(19)30-24(27(21)25-20)11-13-26(14-12-24)17(2)28/h4-10,21H,11-15H2,1-3H3/t21-/m0/s1. The fourth-order valence-electron chi connectivity index (χ4n) is 4.85. The Labute approximate surface area is 177 Å². The first-order valence-corrected chi connectivity index (χ1v) is 10.6. The number of carbonyl (C=O) groups excluding carboxylic acids is 1. The fourth-order valence-corrected chi connectivity index (χ4v) is 4.85. The van der Waals surface area contributed by atoms with E-state index in [1.54, 1.807) is 14.0 Å². The van der Waals surface area contributed by atoms with Gasteiger partial charge in [0.1, 0.15) is 0 Å². The number of methoxy groups -OCH3 is 1. The maximum Gasteiger partial charge on any atom is 0.219 e. The normalized spacial score (nSPS) is 21.6. The van der Waals surface area contributed by atoms with E-state index in [0.717, 1.165) is 34.8 Å². The van der Waals surface area contributed by atoms with Crippen LogP contribution in [0.1, 0.15) is 48.9 Å². The molecule has 3 aliphatic heterocycles. The summed E-state index contributed by atoms with van der Waals surface area (Å²) in [6.45, 7) is 5.05. The van der Waals surface area contributed by atoms with Crippen molar-refractivity contribution in [1.82, 2.24) is 9.91 Å². The van der Waals surface area contributed by atoms with E-state index in [9.17, 15) is 4.79 Å². The monoisotopic (exact) mass is 405 g/mol. The van der Waals surface area contributed by atoms with Crippen molar-refractivity contribution >= 4 is 11.6 Å². The van der Waals surface area contributed by atoms with E-state index in [0.29, 0.717) is 25.9 Å². The molecule has 0 aliphatic carbocycles. The number of hydrogen-bond acceptors (Lipinski definition) is 5. The van der Waals surface area contributed by atoms with Gasteiger partial charge in [0.15, 0.2) is 11.5 Å². The van der Waals surface area contributed by atoms with Gasteiger partial charge in [-0.05, 0) is 18.6 Å². The van der Waals surface area contributed by atoms with Crippen LogP contribution in [0.2, 0.25) is 0 Å². The molecule has 0 aromatic heterocycles. The molecule has 1 amide bonds. The van der Waals surface area contributed by atoms with E-state index in [2.05, 4.69) is 42.3 Å². The predicted molar refractivity (Wildman–Crippen MR) is 115 cm³/mol. The Morgan fingerprint density at radius 1 is 1.17 bits per heavy atom. The first-order chi connectivity index (χ1) is 14.5. The smallest absolute Gasteiger partial charge is 0.219 e. The lowest BCUT2D eigenvalue weighted by Crippen LogP contribution is -2.59. The van der Waals surface area contributed by atoms with E-state index in [-0.39, 0.29) is 11.9 Å². The molecule has 0 N–H and O–H groups in total. The van der Waals surface area contributed by atoms with Crippen LogP contribution in [0.25, 0.3) is 0 Å². The largest absolute Gasteiger partial charge is 0.493 e. The Balaban J connectivity index is 1.57. The molecule has 1 atom stereocenters. The maximum atomic E-state index is 11.9. The number of piperidine rings is 1. The molecule has 2 aromatic rings. The van der Waals surface area contributed by atoms with Crippen LogP contribution in [0.3, 0.4) is 0 Å². The number of carbonyl (C=O) groups is 1. The molecule has 0 radical (unpaired) electrons. The minimum absolute atomic E-state index is 0.101. The Hall–Kier alpha value is -3.02. The van der Waals surface area contributed by atoms with Crippen molar-refractivity contribution in [1.29, 1.82) is 0 Å². The molecule has 1 fully saturated rings. The number of fused-ring (bicyclic) bond motifs is 4. The summed E-state index contributed by atoms with van der Waals surface area (Å²) in [5, 5.41) is 7.26. The summed E-state index contributed by atoms with van der Waals surface area (Å²) in [7, 11) is 1.68. The van der Waals surface area contributed by atoms with Crippen molar-refractivity contribution in [2.75, 3.05) is 20.2 Å². The number of rotatable bonds is 2. The molecule has 2 aromatic carbocycles. The topological polar surface area (TPSA) is 54.4 Å². The molecule has 30 heavy (non-hydrogen) atoms. The van der Waals surface area contributed by atoms with E-state index in [1.807, 2.05) is 17.0 Å². The van der Waals surface area contributed by atoms with Gasteiger partial charge in [0.2, 0.25) is 11.6 Å². The number of aryl methyl sites for hydroxylation is 1. The number of hydrazone groups is 1. The highest BCUT2D eigenvalue weighted by Gasteiger charge is 2.52. The van der Waals surface area contributed by atoms with Crippen LogP contribution in [0.15, 0.2) is 47.6 Å². The second kappa shape index (κ2) is 7.04. The van der Waals surface area contributed by atoms with Crippen LogP contribution in [-0.2, 0) is 4.79 Å². The van der Waals surface area contributed by atoms with Gasteiger partial charge in [0, 0.05) is 44.8 Å². The lowest BCUT2D eigenvalue weighted by Gasteiger charge is -2.51. The third-order valence-corrected chi connectivity index (χ3v) is 6.58. The molecular weight excluding hydrogens is 378 g/mol. The van der Waals surface area contributed by atoms with Crippen molar-refractivity contribution in [3.05, 3.63) is 59.2 Å². The van der Waals surface area contributed by atoms with Crippen LogP contribution in [0.4, 0.5) is 0 Å². The van der Waals surface area contributed by atoms with Crippen molar-refractivity contribution in [2.45, 2.75) is 44.9 Å². The zero-order valence-electron chi connectivity index (χ0n) is 17.7. The molecule has 0 saturated carbocycles. The Morgan fingerprint density at radius 3 is 2.57 bits per heavy atom. The zero-order valence-corrected chi connectivity index (χ0v) is 17.7. The van der Waals surface area contributed by atoms with Gasteiger partial charge in [-0.3, -0.25) is 4.79 Å². The lowest BCUT2D eigenvalue weighted by molar-refractivity contribution is -0.159. The average Bonchev–Trinajstić information content (AvgIpc) is 3.21. The molecule has 1 spiro atoms. The van der Waals surface area contributed by atoms with Crippen molar-refractivity contribution in [3.63, 3.8) is 0 Å². The summed E-state index contributed by atoms with van der Waals surface area (Å²) < 4.78 is 12.3. The van der Waals surface area contributed by atoms with Crippen molar-refractivity contribution in [2.24, 2.45) is 5.10 Å². The van der Waals surface area contributed by atoms with Crippen molar-refractivity contribution in [3.8, 4) is 11.5 Å². The summed E-state index contributed by atoms with van der Waals surface area (Å²) in [6, 6.07) is 14.7. The van der Waals surface area contributed by atoms with Gasteiger partial charge in [0.25, 0.3) is 0 Å². The van der Waals surface area contributed by atoms with Gasteiger partial charge < -0.3 is 14.4 Å². The van der Waals surface area contributed by atoms with Crippen LogP contribution in [-0.4, -0.2) is 47.5 Å². The quantitative estimate of drug-likeness (QED) is 0.761. The minimum atomic E-state index is -0.565. The van der Waals surface area contributed by atoms with E-state index in [1.165, 1.54) is 5.56 Å². The minimum Gasteiger partial charge on any atom is -0.493 e. The molecule has 0 unspecified atom stereocenters. The van der Waals surface area contributed by atoms with E-state index >= 15 is 0 Å². The van der Waals surface area contributed by atoms with Gasteiger partial charge in [-0.2, -0.15) is 5.10 Å². The van der Waals surface area contributed by atoms with Gasteiger partial charge in [-0.1, -0.05) is 42.0 Å². The molecule has 3 aliphatic rings. The predicted octanol–water partition coefficient (Wildman–Crippen LogP) is 3.89. The number of likely N-dealkylation sites (tertiary alicyclic amines) is 1. The first-order valence-electron chi connectivity index (χ1n) is 10.6. The zero-order chi connectivity index (χ0) is 20.9. The molecule has 6 heteroatoms. The van der Waals surface area contributed by atoms with E-state index < -0.39 is 5.72 Å². The molecule has 1 saturated heterocycles. The van der Waals surface area contributed by atoms with Gasteiger partial charge in [-0.15, -0.1) is 0 Å². The highest BCUT2D eigenvalue weighted by Crippen LogP contribution is 2.52. The molecular formula is C24H27N3O3. The van der Waals surface area contributed by atoms with Gasteiger partial charge >= 0.3 is 0 Å². The third kappa shape index (κ3) is 2.93. The Morgan fingerprint density at radius 2 is 1.90 bits per heavy atom. The number of benzene rings is 2. The average molecular weight is 405 g/mol.